The van der Waals surface area contributed by atoms with Crippen molar-refractivity contribution in [3.63, 3.8) is 0 Å². The number of carbonyl (C=O) groups excluding carboxylic acids is 1. The summed E-state index contributed by atoms with van der Waals surface area (Å²) in [5.74, 6) is -0.884. The Morgan fingerprint density at radius 3 is 2.57 bits per heavy atom. The van der Waals surface area contributed by atoms with Crippen LogP contribution >= 0.6 is 11.3 Å². The molecule has 1 aliphatic heterocycles. The van der Waals surface area contributed by atoms with Crippen LogP contribution in [0.4, 0.5) is 10.9 Å². The second-order valence-electron chi connectivity index (χ2n) is 11.1. The van der Waals surface area contributed by atoms with Crippen LogP contribution in [0.2, 0.25) is 0 Å². The van der Waals surface area contributed by atoms with Gasteiger partial charge in [0.1, 0.15) is 17.6 Å². The Bertz CT molecular complexity index is 2150. The maximum atomic E-state index is 13.5. The van der Waals surface area contributed by atoms with Gasteiger partial charge in [-0.2, -0.15) is 5.26 Å². The monoisotopic (exact) mass is 624 g/mol. The fourth-order valence-corrected chi connectivity index (χ4v) is 6.93. The zero-order valence-electron chi connectivity index (χ0n) is 24.9. The summed E-state index contributed by atoms with van der Waals surface area (Å²) in [4.78, 5) is 37.2. The lowest BCUT2D eigenvalue weighted by Crippen LogP contribution is -2.33. The third-order valence-corrected chi connectivity index (χ3v) is 9.35. The molecule has 7 rings (SSSR count). The number of rotatable bonds is 7. The smallest absolute Gasteiger partial charge is 0.355 e. The first kappa shape index (κ1) is 29.0. The number of aromatic carboxylic acids is 1. The number of nitrogens with one attached hydrogen (secondary N) is 1. The summed E-state index contributed by atoms with van der Waals surface area (Å²) in [6.45, 7) is 3.40. The molecule has 0 saturated heterocycles. The molecular formula is C36H28N6O3S. The lowest BCUT2D eigenvalue weighted by Gasteiger charge is -2.31. The molecule has 0 unspecified atom stereocenters. The van der Waals surface area contributed by atoms with Crippen LogP contribution in [0.3, 0.4) is 0 Å². The molecule has 9 nitrogen and oxygen atoms in total. The van der Waals surface area contributed by atoms with E-state index in [0.717, 1.165) is 32.6 Å². The molecule has 3 aromatic heterocycles. The van der Waals surface area contributed by atoms with Gasteiger partial charge in [0.05, 0.1) is 10.2 Å². The topological polar surface area (TPSA) is 124 Å². The van der Waals surface area contributed by atoms with Crippen LogP contribution in [0.5, 0.6) is 0 Å². The predicted octanol–water partition coefficient (Wildman–Crippen LogP) is 6.90. The zero-order chi connectivity index (χ0) is 31.8. The number of anilines is 2. The molecule has 4 heterocycles. The molecule has 1 amide bonds. The van der Waals surface area contributed by atoms with Gasteiger partial charge >= 0.3 is 5.97 Å². The van der Waals surface area contributed by atoms with E-state index in [1.54, 1.807) is 18.2 Å². The number of carboxylic acids is 1. The van der Waals surface area contributed by atoms with Crippen molar-refractivity contribution in [1.29, 1.82) is 5.26 Å². The van der Waals surface area contributed by atoms with Crippen LogP contribution in [-0.4, -0.2) is 38.1 Å². The summed E-state index contributed by atoms with van der Waals surface area (Å²) in [6.07, 6.45) is 0.677. The highest BCUT2D eigenvalue weighted by molar-refractivity contribution is 7.22. The van der Waals surface area contributed by atoms with E-state index in [4.69, 9.17) is 0 Å². The molecule has 0 fully saturated rings. The number of hydrogen-bond acceptors (Lipinski definition) is 7. The van der Waals surface area contributed by atoms with E-state index in [1.165, 1.54) is 11.3 Å². The lowest BCUT2D eigenvalue weighted by molar-refractivity contribution is 0.0691. The SMILES string of the molecule is Cc1c(-c2ccc(N3CCc4cccc(C(=O)Nc5nc6ccccc6s5)c4C3)nc2C(=O)O)cc(C#N)n1Cc1ccccc1. The Hall–Kier alpha value is -5.79. The average molecular weight is 625 g/mol. The minimum absolute atomic E-state index is 0.0883. The van der Waals surface area contributed by atoms with E-state index in [-0.39, 0.29) is 11.6 Å². The molecule has 0 radical (unpaired) electrons. The highest BCUT2D eigenvalue weighted by Gasteiger charge is 2.26. The molecule has 0 spiro atoms. The first-order valence-electron chi connectivity index (χ1n) is 14.8. The Labute approximate surface area is 269 Å². The molecule has 6 aromatic rings. The molecule has 46 heavy (non-hydrogen) atoms. The Morgan fingerprint density at radius 2 is 1.78 bits per heavy atom. The Morgan fingerprint density at radius 1 is 0.978 bits per heavy atom. The standard InChI is InChI=1S/C36H28N6O3S/c1-22-28(18-25(19-37)42(22)20-23-8-3-2-4-9-23)26-14-15-32(39-33(26)35(44)45)41-17-16-24-10-7-11-27(29(24)21-41)34(43)40-36-38-30-12-5-6-13-31(30)46-36/h2-15,18H,16-17,20-21H2,1H3,(H,44,45)(H,38,40,43). The fourth-order valence-electron chi connectivity index (χ4n) is 6.06. The molecule has 0 atom stereocenters. The molecule has 3 aromatic carbocycles. The second-order valence-corrected chi connectivity index (χ2v) is 12.2. The summed E-state index contributed by atoms with van der Waals surface area (Å²) >= 11 is 1.43. The van der Waals surface area contributed by atoms with Gasteiger partial charge in [-0.05, 0) is 66.4 Å². The number of carbonyl (C=O) groups is 2. The van der Waals surface area contributed by atoms with Crippen molar-refractivity contribution in [1.82, 2.24) is 14.5 Å². The van der Waals surface area contributed by atoms with E-state index in [1.807, 2.05) is 89.2 Å². The number of carboxylic acid groups (broad SMARTS) is 1. The summed E-state index contributed by atoms with van der Waals surface area (Å²) in [5, 5.41) is 23.7. The summed E-state index contributed by atoms with van der Waals surface area (Å²) in [6, 6.07) is 30.8. The van der Waals surface area contributed by atoms with Crippen molar-refractivity contribution in [2.45, 2.75) is 26.4 Å². The predicted molar refractivity (Wildman–Crippen MR) is 178 cm³/mol. The van der Waals surface area contributed by atoms with Crippen LogP contribution in [0.1, 0.15) is 48.9 Å². The minimum Gasteiger partial charge on any atom is -0.476 e. The van der Waals surface area contributed by atoms with Gasteiger partial charge in [0.25, 0.3) is 5.91 Å². The number of hydrogen-bond donors (Lipinski definition) is 2. The fraction of sp³-hybridized carbons (Fsp3) is 0.139. The maximum Gasteiger partial charge on any atom is 0.355 e. The van der Waals surface area contributed by atoms with Gasteiger partial charge in [-0.15, -0.1) is 0 Å². The quantitative estimate of drug-likeness (QED) is 0.198. The van der Waals surface area contributed by atoms with E-state index < -0.39 is 5.97 Å². The number of thiazole rings is 1. The average Bonchev–Trinajstić information content (AvgIpc) is 3.63. The molecule has 0 bridgehead atoms. The van der Waals surface area contributed by atoms with Crippen molar-refractivity contribution in [3.8, 4) is 17.2 Å². The number of amides is 1. The van der Waals surface area contributed by atoms with Crippen molar-refractivity contribution in [2.75, 3.05) is 16.8 Å². The third-order valence-electron chi connectivity index (χ3n) is 8.39. The second kappa shape index (κ2) is 12.0. The molecule has 2 N–H and O–H groups in total. The van der Waals surface area contributed by atoms with Gasteiger partial charge in [-0.25, -0.2) is 14.8 Å². The van der Waals surface area contributed by atoms with E-state index in [2.05, 4.69) is 21.4 Å². The van der Waals surface area contributed by atoms with Crippen molar-refractivity contribution >= 4 is 44.4 Å². The van der Waals surface area contributed by atoms with Crippen LogP contribution in [0.15, 0.2) is 91.0 Å². The van der Waals surface area contributed by atoms with Crippen LogP contribution in [0.25, 0.3) is 21.3 Å². The number of pyridine rings is 1. The van der Waals surface area contributed by atoms with E-state index in [0.29, 0.717) is 59.4 Å². The van der Waals surface area contributed by atoms with Gasteiger partial charge in [0.2, 0.25) is 0 Å². The largest absolute Gasteiger partial charge is 0.476 e. The Kier molecular flexibility index (Phi) is 7.52. The molecule has 10 heteroatoms. The number of nitriles is 1. The van der Waals surface area contributed by atoms with Crippen molar-refractivity contribution < 1.29 is 14.7 Å². The highest BCUT2D eigenvalue weighted by atomic mass is 32.1. The molecule has 0 aliphatic carbocycles. The third kappa shape index (κ3) is 5.38. The molecule has 226 valence electrons. The van der Waals surface area contributed by atoms with Gasteiger partial charge < -0.3 is 14.6 Å². The number of nitrogens with zero attached hydrogens (tertiary/aromatic N) is 5. The normalized spacial score (nSPS) is 12.5. The lowest BCUT2D eigenvalue weighted by atomic mass is 9.94. The van der Waals surface area contributed by atoms with Crippen LogP contribution in [0, 0.1) is 18.3 Å². The number of fused-ring (bicyclic) bond motifs is 2. The van der Waals surface area contributed by atoms with Crippen LogP contribution < -0.4 is 10.2 Å². The maximum absolute atomic E-state index is 13.5. The van der Waals surface area contributed by atoms with Gasteiger partial charge in [0.15, 0.2) is 10.8 Å². The number of aromatic nitrogens is 3. The summed E-state index contributed by atoms with van der Waals surface area (Å²) in [5.41, 5.74) is 6.62. The highest BCUT2D eigenvalue weighted by Crippen LogP contribution is 2.33. The molecular weight excluding hydrogens is 597 g/mol. The van der Waals surface area contributed by atoms with Gasteiger partial charge in [0, 0.05) is 42.0 Å². The Balaban J connectivity index is 1.18. The molecule has 1 aliphatic rings. The number of para-hydroxylation sites is 1. The van der Waals surface area contributed by atoms with Gasteiger partial charge in [-0.1, -0.05) is 65.9 Å². The first-order valence-corrected chi connectivity index (χ1v) is 15.6. The number of benzene rings is 3. The van der Waals surface area contributed by atoms with E-state index in [9.17, 15) is 20.0 Å². The summed E-state index contributed by atoms with van der Waals surface area (Å²) in [7, 11) is 0. The summed E-state index contributed by atoms with van der Waals surface area (Å²) < 4.78 is 2.89. The van der Waals surface area contributed by atoms with Gasteiger partial charge in [-0.3, -0.25) is 10.1 Å². The van der Waals surface area contributed by atoms with E-state index >= 15 is 0 Å². The minimum atomic E-state index is -1.15. The zero-order valence-corrected chi connectivity index (χ0v) is 25.7. The van der Waals surface area contributed by atoms with Crippen LogP contribution in [-0.2, 0) is 19.5 Å². The van der Waals surface area contributed by atoms with Crippen molar-refractivity contribution in [2.24, 2.45) is 0 Å². The van der Waals surface area contributed by atoms with Crippen molar-refractivity contribution in [3.05, 3.63) is 130 Å². The first-order chi connectivity index (χ1) is 22.4. The molecule has 0 saturated carbocycles.